The van der Waals surface area contributed by atoms with E-state index >= 15 is 0 Å². The number of amides is 1. The normalized spacial score (nSPS) is 29.2. The highest BCUT2D eigenvalue weighted by molar-refractivity contribution is 5.86. The van der Waals surface area contributed by atoms with Gasteiger partial charge in [0.05, 0.1) is 0 Å². The van der Waals surface area contributed by atoms with Crippen molar-refractivity contribution < 1.29 is 19.4 Å². The number of ether oxygens (including phenoxy) is 1. The van der Waals surface area contributed by atoms with Gasteiger partial charge in [-0.2, -0.15) is 0 Å². The second kappa shape index (κ2) is 5.50. The fraction of sp³-hybridized carbons (Fsp3) is 0.875. The Morgan fingerprint density at radius 3 is 2.33 bits per heavy atom. The summed E-state index contributed by atoms with van der Waals surface area (Å²) in [6.07, 6.45) is 4.34. The van der Waals surface area contributed by atoms with Gasteiger partial charge in [-0.3, -0.25) is 4.90 Å². The van der Waals surface area contributed by atoms with Gasteiger partial charge in [0.1, 0.15) is 11.1 Å². The van der Waals surface area contributed by atoms with Gasteiger partial charge in [-0.1, -0.05) is 19.8 Å². The zero-order valence-corrected chi connectivity index (χ0v) is 13.5. The lowest BCUT2D eigenvalue weighted by molar-refractivity contribution is -0.154. The van der Waals surface area contributed by atoms with Crippen molar-refractivity contribution in [2.75, 3.05) is 0 Å². The van der Waals surface area contributed by atoms with Crippen molar-refractivity contribution in [3.63, 3.8) is 0 Å². The number of nitrogens with zero attached hydrogens (tertiary/aromatic N) is 1. The van der Waals surface area contributed by atoms with Crippen molar-refractivity contribution in [2.24, 2.45) is 5.92 Å². The van der Waals surface area contributed by atoms with Crippen molar-refractivity contribution in [1.29, 1.82) is 0 Å². The lowest BCUT2D eigenvalue weighted by atomic mass is 9.83. The van der Waals surface area contributed by atoms with Crippen LogP contribution in [0.2, 0.25) is 0 Å². The van der Waals surface area contributed by atoms with Gasteiger partial charge in [0, 0.05) is 6.04 Å². The molecule has 0 heterocycles. The number of hydrogen-bond acceptors (Lipinski definition) is 3. The molecule has 5 nitrogen and oxygen atoms in total. The predicted molar refractivity (Wildman–Crippen MR) is 79.1 cm³/mol. The number of carboxylic acid groups (broad SMARTS) is 1. The van der Waals surface area contributed by atoms with E-state index in [2.05, 4.69) is 0 Å². The van der Waals surface area contributed by atoms with Crippen LogP contribution in [0.1, 0.15) is 66.2 Å². The molecule has 0 aromatic rings. The number of carbonyl (C=O) groups excluding carboxylic acids is 1. The zero-order chi connectivity index (χ0) is 15.8. The average Bonchev–Trinajstić information content (AvgIpc) is 3.05. The summed E-state index contributed by atoms with van der Waals surface area (Å²) in [5.74, 6) is -0.854. The van der Waals surface area contributed by atoms with Gasteiger partial charge in [-0.15, -0.1) is 0 Å². The lowest BCUT2D eigenvalue weighted by Crippen LogP contribution is -2.61. The fourth-order valence-corrected chi connectivity index (χ4v) is 3.59. The predicted octanol–water partition coefficient (Wildman–Crippen LogP) is 3.42. The highest BCUT2D eigenvalue weighted by Gasteiger charge is 2.59. The van der Waals surface area contributed by atoms with Gasteiger partial charge in [0.15, 0.2) is 0 Å². The van der Waals surface area contributed by atoms with E-state index < -0.39 is 23.2 Å². The Kier molecular flexibility index (Phi) is 4.22. The molecule has 5 heteroatoms. The molecule has 1 amide bonds. The molecular weight excluding hydrogens is 270 g/mol. The minimum atomic E-state index is -1.07. The number of hydrogen-bond donors (Lipinski definition) is 1. The van der Waals surface area contributed by atoms with Crippen LogP contribution in [-0.4, -0.2) is 39.3 Å². The molecule has 2 saturated carbocycles. The molecule has 0 saturated heterocycles. The SMILES string of the molecule is CCC1CCCC1(C(=O)O)N(C(=O)OC(C)(C)C)C1CC1. The molecule has 2 aliphatic carbocycles. The molecule has 2 aliphatic rings. The Balaban J connectivity index is 2.34. The summed E-state index contributed by atoms with van der Waals surface area (Å²) in [6, 6.07) is 0.0306. The maximum absolute atomic E-state index is 12.6. The maximum atomic E-state index is 12.6. The first-order chi connectivity index (χ1) is 9.72. The topological polar surface area (TPSA) is 66.8 Å². The van der Waals surface area contributed by atoms with E-state index in [1.165, 1.54) is 0 Å². The number of carboxylic acids is 1. The second-order valence-corrected chi connectivity index (χ2v) is 7.31. The summed E-state index contributed by atoms with van der Waals surface area (Å²) in [5, 5.41) is 9.91. The Bertz CT molecular complexity index is 424. The Morgan fingerprint density at radius 2 is 1.90 bits per heavy atom. The van der Waals surface area contributed by atoms with Crippen LogP contribution >= 0.6 is 0 Å². The van der Waals surface area contributed by atoms with Crippen LogP contribution in [-0.2, 0) is 9.53 Å². The summed E-state index contributed by atoms with van der Waals surface area (Å²) < 4.78 is 5.51. The molecule has 21 heavy (non-hydrogen) atoms. The third-order valence-electron chi connectivity index (χ3n) is 4.58. The highest BCUT2D eigenvalue weighted by Crippen LogP contribution is 2.47. The first kappa shape index (κ1) is 16.1. The third-order valence-corrected chi connectivity index (χ3v) is 4.58. The van der Waals surface area contributed by atoms with Crippen LogP contribution in [0.5, 0.6) is 0 Å². The van der Waals surface area contributed by atoms with E-state index in [4.69, 9.17) is 4.74 Å². The smallest absolute Gasteiger partial charge is 0.411 e. The number of aliphatic carboxylic acids is 1. The van der Waals surface area contributed by atoms with Gasteiger partial charge >= 0.3 is 12.1 Å². The molecule has 1 N–H and O–H groups in total. The van der Waals surface area contributed by atoms with Crippen molar-refractivity contribution in [2.45, 2.75) is 83.4 Å². The van der Waals surface area contributed by atoms with Crippen molar-refractivity contribution in [1.82, 2.24) is 4.90 Å². The van der Waals surface area contributed by atoms with Crippen LogP contribution in [0.3, 0.4) is 0 Å². The second-order valence-electron chi connectivity index (χ2n) is 7.31. The molecule has 0 bridgehead atoms. The van der Waals surface area contributed by atoms with Gasteiger partial charge in [0.2, 0.25) is 0 Å². The summed E-state index contributed by atoms with van der Waals surface area (Å²) in [7, 11) is 0. The zero-order valence-electron chi connectivity index (χ0n) is 13.5. The number of rotatable bonds is 4. The van der Waals surface area contributed by atoms with Crippen LogP contribution in [0, 0.1) is 5.92 Å². The first-order valence-corrected chi connectivity index (χ1v) is 7.98. The van der Waals surface area contributed by atoms with Crippen molar-refractivity contribution >= 4 is 12.1 Å². The van der Waals surface area contributed by atoms with Crippen LogP contribution in [0.15, 0.2) is 0 Å². The molecule has 2 rings (SSSR count). The summed E-state index contributed by atoms with van der Waals surface area (Å²) >= 11 is 0. The Morgan fingerprint density at radius 1 is 1.29 bits per heavy atom. The van der Waals surface area contributed by atoms with Crippen LogP contribution in [0.25, 0.3) is 0 Å². The molecule has 0 aromatic carbocycles. The molecule has 2 atom stereocenters. The van der Waals surface area contributed by atoms with E-state index in [9.17, 15) is 14.7 Å². The molecule has 0 spiro atoms. The minimum Gasteiger partial charge on any atom is -0.479 e. The lowest BCUT2D eigenvalue weighted by Gasteiger charge is -2.42. The first-order valence-electron chi connectivity index (χ1n) is 7.98. The van der Waals surface area contributed by atoms with Crippen LogP contribution in [0.4, 0.5) is 4.79 Å². The standard InChI is InChI=1S/C16H27NO4/c1-5-11-7-6-10-16(11,13(18)19)17(12-8-9-12)14(20)21-15(2,3)4/h11-12H,5-10H2,1-4H3,(H,18,19). The minimum absolute atomic E-state index is 0.0168. The molecule has 2 fully saturated rings. The van der Waals surface area contributed by atoms with E-state index in [1.807, 2.05) is 27.7 Å². The summed E-state index contributed by atoms with van der Waals surface area (Å²) in [4.78, 5) is 26.3. The Hall–Kier alpha value is -1.26. The molecule has 0 aliphatic heterocycles. The van der Waals surface area contributed by atoms with E-state index in [1.54, 1.807) is 4.90 Å². The van der Waals surface area contributed by atoms with E-state index in [-0.39, 0.29) is 12.0 Å². The van der Waals surface area contributed by atoms with Crippen molar-refractivity contribution in [3.8, 4) is 0 Å². The molecule has 0 radical (unpaired) electrons. The van der Waals surface area contributed by atoms with Crippen LogP contribution < -0.4 is 0 Å². The monoisotopic (exact) mass is 297 g/mol. The van der Waals surface area contributed by atoms with Crippen molar-refractivity contribution in [3.05, 3.63) is 0 Å². The molecule has 0 aromatic heterocycles. The molecular formula is C16H27NO4. The average molecular weight is 297 g/mol. The fourth-order valence-electron chi connectivity index (χ4n) is 3.59. The molecule has 120 valence electrons. The van der Waals surface area contributed by atoms with E-state index in [0.29, 0.717) is 6.42 Å². The van der Waals surface area contributed by atoms with Gasteiger partial charge < -0.3 is 9.84 Å². The van der Waals surface area contributed by atoms with Gasteiger partial charge in [-0.05, 0) is 52.4 Å². The summed E-state index contributed by atoms with van der Waals surface area (Å²) in [5.41, 5.74) is -1.68. The highest BCUT2D eigenvalue weighted by atomic mass is 16.6. The number of carbonyl (C=O) groups is 2. The van der Waals surface area contributed by atoms with Gasteiger partial charge in [-0.25, -0.2) is 9.59 Å². The van der Waals surface area contributed by atoms with Gasteiger partial charge in [0.25, 0.3) is 0 Å². The maximum Gasteiger partial charge on any atom is 0.411 e. The largest absolute Gasteiger partial charge is 0.479 e. The molecule has 2 unspecified atom stereocenters. The third kappa shape index (κ3) is 3.01. The quantitative estimate of drug-likeness (QED) is 0.863. The Labute approximate surface area is 126 Å². The van der Waals surface area contributed by atoms with E-state index in [0.717, 1.165) is 32.1 Å². The summed E-state index contributed by atoms with van der Waals surface area (Å²) in [6.45, 7) is 7.45.